The topological polar surface area (TPSA) is 80.5 Å². The zero-order valence-corrected chi connectivity index (χ0v) is 21.2. The van der Waals surface area contributed by atoms with Crippen molar-refractivity contribution in [3.05, 3.63) is 83.3 Å². The fourth-order valence-electron chi connectivity index (χ4n) is 4.46. The standard InChI is InChI=1S/C28H35FN4O3/c1-28(2,3)35-27(34)30-24(21-7-5-4-6-8-21)15-18-33-16-13-22(14-17-33)26-31-25(32-36-26)19-20-9-11-23(29)12-10-20/h4-12,22,24H,13-19H2,1-3H3,(H,30,34)/t24-/m0/s1. The number of piperidine rings is 1. The van der Waals surface area contributed by atoms with E-state index in [2.05, 4.69) is 20.4 Å². The molecule has 1 amide bonds. The lowest BCUT2D eigenvalue weighted by atomic mass is 9.96. The van der Waals surface area contributed by atoms with Gasteiger partial charge in [0.2, 0.25) is 5.89 Å². The Kier molecular flexibility index (Phi) is 8.36. The Morgan fingerprint density at radius 3 is 2.50 bits per heavy atom. The maximum Gasteiger partial charge on any atom is 0.408 e. The second-order valence-electron chi connectivity index (χ2n) is 10.4. The van der Waals surface area contributed by atoms with Gasteiger partial charge >= 0.3 is 6.09 Å². The van der Waals surface area contributed by atoms with Crippen LogP contribution in [0.2, 0.25) is 0 Å². The van der Waals surface area contributed by atoms with E-state index in [1.807, 2.05) is 51.1 Å². The first-order chi connectivity index (χ1) is 17.2. The quantitative estimate of drug-likeness (QED) is 0.437. The van der Waals surface area contributed by atoms with Gasteiger partial charge in [0.05, 0.1) is 6.04 Å². The number of alkyl carbamates (subject to hydrolysis) is 1. The highest BCUT2D eigenvalue weighted by Gasteiger charge is 2.26. The molecule has 4 rings (SSSR count). The molecule has 0 unspecified atom stereocenters. The van der Waals surface area contributed by atoms with Crippen LogP contribution in [0.3, 0.4) is 0 Å². The number of nitrogens with one attached hydrogen (secondary N) is 1. The van der Waals surface area contributed by atoms with Gasteiger partial charge in [-0.25, -0.2) is 9.18 Å². The minimum atomic E-state index is -0.541. The third-order valence-electron chi connectivity index (χ3n) is 6.32. The van der Waals surface area contributed by atoms with Crippen LogP contribution in [0.4, 0.5) is 9.18 Å². The minimum Gasteiger partial charge on any atom is -0.444 e. The molecule has 0 aliphatic carbocycles. The van der Waals surface area contributed by atoms with Crippen LogP contribution < -0.4 is 5.32 Å². The highest BCUT2D eigenvalue weighted by Crippen LogP contribution is 2.28. The minimum absolute atomic E-state index is 0.122. The van der Waals surface area contributed by atoms with Crippen LogP contribution >= 0.6 is 0 Å². The Balaban J connectivity index is 1.28. The van der Waals surface area contributed by atoms with Gasteiger partial charge in [0, 0.05) is 18.9 Å². The lowest BCUT2D eigenvalue weighted by Crippen LogP contribution is -2.38. The number of aromatic nitrogens is 2. The van der Waals surface area contributed by atoms with Gasteiger partial charge < -0.3 is 19.5 Å². The molecule has 2 aromatic carbocycles. The van der Waals surface area contributed by atoms with Gasteiger partial charge in [-0.3, -0.25) is 0 Å². The van der Waals surface area contributed by atoms with E-state index < -0.39 is 11.7 Å². The van der Waals surface area contributed by atoms with E-state index in [9.17, 15) is 9.18 Å². The van der Waals surface area contributed by atoms with Crippen molar-refractivity contribution in [2.45, 2.75) is 64.0 Å². The molecule has 1 aliphatic rings. The van der Waals surface area contributed by atoms with Gasteiger partial charge in [-0.2, -0.15) is 4.98 Å². The molecular weight excluding hydrogens is 459 g/mol. The fourth-order valence-corrected chi connectivity index (χ4v) is 4.46. The molecular formula is C28H35FN4O3. The number of nitrogens with zero attached hydrogens (tertiary/aromatic N) is 3. The van der Waals surface area contributed by atoms with Gasteiger partial charge in [-0.15, -0.1) is 0 Å². The summed E-state index contributed by atoms with van der Waals surface area (Å²) in [6.07, 6.45) is 2.79. The molecule has 192 valence electrons. The van der Waals surface area contributed by atoms with Crippen molar-refractivity contribution >= 4 is 6.09 Å². The molecule has 3 aromatic rings. The van der Waals surface area contributed by atoms with Crippen molar-refractivity contribution in [1.82, 2.24) is 20.4 Å². The zero-order valence-electron chi connectivity index (χ0n) is 21.2. The van der Waals surface area contributed by atoms with Crippen molar-refractivity contribution in [1.29, 1.82) is 0 Å². The fraction of sp³-hybridized carbons (Fsp3) is 0.464. The van der Waals surface area contributed by atoms with Gasteiger partial charge in [0.1, 0.15) is 11.4 Å². The molecule has 0 saturated carbocycles. The molecule has 1 aromatic heterocycles. The van der Waals surface area contributed by atoms with Gasteiger partial charge in [0.15, 0.2) is 5.82 Å². The number of likely N-dealkylation sites (tertiary alicyclic amines) is 1. The lowest BCUT2D eigenvalue weighted by Gasteiger charge is -2.32. The summed E-state index contributed by atoms with van der Waals surface area (Å²) in [6, 6.07) is 16.3. The van der Waals surface area contributed by atoms with E-state index in [4.69, 9.17) is 9.26 Å². The van der Waals surface area contributed by atoms with E-state index >= 15 is 0 Å². The van der Waals surface area contributed by atoms with E-state index in [1.54, 1.807) is 12.1 Å². The molecule has 2 heterocycles. The summed E-state index contributed by atoms with van der Waals surface area (Å²) in [4.78, 5) is 19.5. The summed E-state index contributed by atoms with van der Waals surface area (Å²) in [6.45, 7) is 8.31. The molecule has 1 fully saturated rings. The van der Waals surface area contributed by atoms with Crippen molar-refractivity contribution in [2.24, 2.45) is 0 Å². The van der Waals surface area contributed by atoms with Gasteiger partial charge in [0.25, 0.3) is 0 Å². The predicted molar refractivity (Wildman–Crippen MR) is 135 cm³/mol. The smallest absolute Gasteiger partial charge is 0.408 e. The number of hydrogen-bond donors (Lipinski definition) is 1. The van der Waals surface area contributed by atoms with E-state index in [-0.39, 0.29) is 17.8 Å². The number of hydrogen-bond acceptors (Lipinski definition) is 6. The normalized spacial score (nSPS) is 16.0. The van der Waals surface area contributed by atoms with E-state index in [0.717, 1.165) is 50.0 Å². The molecule has 0 radical (unpaired) electrons. The molecule has 8 heteroatoms. The first-order valence-corrected chi connectivity index (χ1v) is 12.6. The maximum atomic E-state index is 13.1. The number of rotatable bonds is 8. The average molecular weight is 495 g/mol. The van der Waals surface area contributed by atoms with E-state index in [1.165, 1.54) is 12.1 Å². The van der Waals surface area contributed by atoms with E-state index in [0.29, 0.717) is 18.1 Å². The summed E-state index contributed by atoms with van der Waals surface area (Å²) in [7, 11) is 0. The second-order valence-corrected chi connectivity index (χ2v) is 10.4. The van der Waals surface area contributed by atoms with Crippen molar-refractivity contribution < 1.29 is 18.4 Å². The Morgan fingerprint density at radius 1 is 1.14 bits per heavy atom. The average Bonchev–Trinajstić information content (AvgIpc) is 3.31. The molecule has 1 N–H and O–H groups in total. The number of carbonyl (C=O) groups is 1. The Morgan fingerprint density at radius 2 is 1.83 bits per heavy atom. The van der Waals surface area contributed by atoms with Crippen LogP contribution in [0.1, 0.15) is 74.8 Å². The predicted octanol–water partition coefficient (Wildman–Crippen LogP) is 5.64. The van der Waals surface area contributed by atoms with Crippen molar-refractivity contribution in [3.63, 3.8) is 0 Å². The van der Waals surface area contributed by atoms with Crippen LogP contribution in [0, 0.1) is 5.82 Å². The molecule has 7 nitrogen and oxygen atoms in total. The Bertz CT molecular complexity index is 1100. The first kappa shape index (κ1) is 25.8. The number of carbonyl (C=O) groups excluding carboxylic acids is 1. The monoisotopic (exact) mass is 494 g/mol. The highest BCUT2D eigenvalue weighted by atomic mass is 19.1. The number of amides is 1. The zero-order chi connectivity index (χ0) is 25.5. The molecule has 0 bridgehead atoms. The van der Waals surface area contributed by atoms with Crippen LogP contribution in [0.25, 0.3) is 0 Å². The molecule has 36 heavy (non-hydrogen) atoms. The highest BCUT2D eigenvalue weighted by molar-refractivity contribution is 5.68. The molecule has 1 atom stereocenters. The summed E-state index contributed by atoms with van der Waals surface area (Å²) >= 11 is 0. The number of ether oxygens (including phenoxy) is 1. The number of halogens is 1. The lowest BCUT2D eigenvalue weighted by molar-refractivity contribution is 0.0496. The maximum absolute atomic E-state index is 13.1. The van der Waals surface area contributed by atoms with Crippen LogP contribution in [0.5, 0.6) is 0 Å². The third kappa shape index (κ3) is 7.62. The Hall–Kier alpha value is -3.26. The largest absolute Gasteiger partial charge is 0.444 e. The van der Waals surface area contributed by atoms with Gasteiger partial charge in [-0.1, -0.05) is 47.6 Å². The second kappa shape index (κ2) is 11.6. The molecule has 1 aliphatic heterocycles. The molecule has 1 saturated heterocycles. The summed E-state index contributed by atoms with van der Waals surface area (Å²) < 4.78 is 24.2. The van der Waals surface area contributed by atoms with Crippen LogP contribution in [0.15, 0.2) is 59.1 Å². The number of benzene rings is 2. The summed E-state index contributed by atoms with van der Waals surface area (Å²) in [5.74, 6) is 1.29. The molecule has 0 spiro atoms. The van der Waals surface area contributed by atoms with Crippen molar-refractivity contribution in [2.75, 3.05) is 19.6 Å². The van der Waals surface area contributed by atoms with Crippen LogP contribution in [-0.2, 0) is 11.2 Å². The SMILES string of the molecule is CC(C)(C)OC(=O)N[C@@H](CCN1CCC(c2nc(Cc3ccc(F)cc3)no2)CC1)c1ccccc1. The van der Waals surface area contributed by atoms with Crippen molar-refractivity contribution in [3.8, 4) is 0 Å². The Labute approximate surface area is 212 Å². The van der Waals surface area contributed by atoms with Crippen LogP contribution in [-0.4, -0.2) is 46.4 Å². The first-order valence-electron chi connectivity index (χ1n) is 12.6. The summed E-state index contributed by atoms with van der Waals surface area (Å²) in [5, 5.41) is 7.18. The third-order valence-corrected chi connectivity index (χ3v) is 6.32. The van der Waals surface area contributed by atoms with Gasteiger partial charge in [-0.05, 0) is 76.4 Å². The summed E-state index contributed by atoms with van der Waals surface area (Å²) in [5.41, 5.74) is 1.48.